The number of amides is 1. The molecule has 1 rings (SSSR count). The van der Waals surface area contributed by atoms with Crippen LogP contribution in [0.5, 0.6) is 0 Å². The number of unbranched alkanes of at least 4 members (excludes halogenated alkanes) is 1. The van der Waals surface area contributed by atoms with Crippen LogP contribution in [-0.2, 0) is 4.74 Å². The highest BCUT2D eigenvalue weighted by atomic mass is 16.6. The van der Waals surface area contributed by atoms with E-state index >= 15 is 0 Å². The Bertz CT molecular complexity index is 185. The molecule has 1 unspecified atom stereocenters. The minimum absolute atomic E-state index is 0.160. The molecule has 1 saturated heterocycles. The van der Waals surface area contributed by atoms with Crippen LogP contribution in [-0.4, -0.2) is 37.2 Å². The van der Waals surface area contributed by atoms with Crippen LogP contribution in [0.15, 0.2) is 0 Å². The van der Waals surface area contributed by atoms with Gasteiger partial charge in [-0.1, -0.05) is 13.3 Å². The van der Waals surface area contributed by atoms with E-state index in [9.17, 15) is 4.79 Å². The largest absolute Gasteiger partial charge is 0.449 e. The average Bonchev–Trinajstić information content (AvgIpc) is 2.19. The highest BCUT2D eigenvalue weighted by molar-refractivity contribution is 5.68. The first kappa shape index (κ1) is 11.3. The monoisotopic (exact) mass is 200 g/mol. The van der Waals surface area contributed by atoms with Crippen LogP contribution >= 0.6 is 0 Å². The molecule has 1 fully saturated rings. The Kier molecular flexibility index (Phi) is 4.73. The molecule has 0 spiro atoms. The summed E-state index contributed by atoms with van der Waals surface area (Å²) in [6.07, 6.45) is 2.93. The third-order valence-corrected chi connectivity index (χ3v) is 2.54. The van der Waals surface area contributed by atoms with Gasteiger partial charge in [0.1, 0.15) is 0 Å². The normalized spacial score (nSPS) is 22.3. The van der Waals surface area contributed by atoms with Crippen LogP contribution in [0, 0.1) is 5.92 Å². The zero-order chi connectivity index (χ0) is 10.4. The number of nitrogens with zero attached hydrogens (tertiary/aromatic N) is 1. The van der Waals surface area contributed by atoms with Crippen LogP contribution in [0.2, 0.25) is 0 Å². The van der Waals surface area contributed by atoms with Gasteiger partial charge in [-0.2, -0.15) is 0 Å². The van der Waals surface area contributed by atoms with Gasteiger partial charge in [0.25, 0.3) is 0 Å². The Morgan fingerprint density at radius 3 is 3.07 bits per heavy atom. The number of cyclic esters (lactones) is 1. The smallest absolute Gasteiger partial charge is 0.409 e. The van der Waals surface area contributed by atoms with E-state index in [1.807, 2.05) is 0 Å². The Hall–Kier alpha value is -0.770. The van der Waals surface area contributed by atoms with Crippen molar-refractivity contribution in [2.24, 2.45) is 11.7 Å². The van der Waals surface area contributed by atoms with Crippen molar-refractivity contribution in [1.82, 2.24) is 4.90 Å². The Morgan fingerprint density at radius 1 is 1.64 bits per heavy atom. The predicted molar refractivity (Wildman–Crippen MR) is 55.0 cm³/mol. The molecule has 4 heteroatoms. The second-order valence-electron chi connectivity index (χ2n) is 3.82. The van der Waals surface area contributed by atoms with Crippen molar-refractivity contribution in [2.75, 3.05) is 26.2 Å². The summed E-state index contributed by atoms with van der Waals surface area (Å²) in [6.45, 7) is 4.96. The van der Waals surface area contributed by atoms with Gasteiger partial charge in [0.05, 0.1) is 6.61 Å². The zero-order valence-electron chi connectivity index (χ0n) is 8.87. The standard InChI is InChI=1S/C10H20N2O2/c1-2-3-6-12-7-9(4-5-11)8-14-10(12)13/h9H,2-8,11H2,1H3. The van der Waals surface area contributed by atoms with Crippen molar-refractivity contribution < 1.29 is 9.53 Å². The number of carbonyl (C=O) groups excluding carboxylic acids is 1. The van der Waals surface area contributed by atoms with Gasteiger partial charge in [-0.25, -0.2) is 4.79 Å². The highest BCUT2D eigenvalue weighted by Crippen LogP contribution is 2.14. The summed E-state index contributed by atoms with van der Waals surface area (Å²) in [5.74, 6) is 0.426. The summed E-state index contributed by atoms with van der Waals surface area (Å²) >= 11 is 0. The molecular weight excluding hydrogens is 180 g/mol. The highest BCUT2D eigenvalue weighted by Gasteiger charge is 2.25. The molecule has 0 saturated carbocycles. The van der Waals surface area contributed by atoms with Crippen LogP contribution < -0.4 is 5.73 Å². The lowest BCUT2D eigenvalue weighted by molar-refractivity contribution is 0.0410. The van der Waals surface area contributed by atoms with E-state index in [0.717, 1.165) is 32.4 Å². The molecule has 0 aromatic carbocycles. The fraction of sp³-hybridized carbons (Fsp3) is 0.900. The van der Waals surface area contributed by atoms with Gasteiger partial charge in [0.15, 0.2) is 0 Å². The summed E-state index contributed by atoms with van der Waals surface area (Å²) < 4.78 is 5.08. The molecule has 82 valence electrons. The van der Waals surface area contributed by atoms with E-state index < -0.39 is 0 Å². The van der Waals surface area contributed by atoms with Gasteiger partial charge in [-0.05, 0) is 19.4 Å². The van der Waals surface area contributed by atoms with E-state index in [0.29, 0.717) is 19.1 Å². The topological polar surface area (TPSA) is 55.6 Å². The third-order valence-electron chi connectivity index (χ3n) is 2.54. The maximum atomic E-state index is 11.3. The molecule has 1 heterocycles. The van der Waals surface area contributed by atoms with Crippen molar-refractivity contribution in [1.29, 1.82) is 0 Å². The van der Waals surface area contributed by atoms with Gasteiger partial charge in [-0.3, -0.25) is 0 Å². The van der Waals surface area contributed by atoms with Crippen molar-refractivity contribution in [2.45, 2.75) is 26.2 Å². The summed E-state index contributed by atoms with van der Waals surface area (Å²) in [4.78, 5) is 13.1. The Labute approximate surface area is 85.4 Å². The molecule has 2 N–H and O–H groups in total. The first-order valence-electron chi connectivity index (χ1n) is 5.39. The lowest BCUT2D eigenvalue weighted by Gasteiger charge is -2.31. The average molecular weight is 200 g/mol. The summed E-state index contributed by atoms with van der Waals surface area (Å²) in [7, 11) is 0. The maximum absolute atomic E-state index is 11.3. The van der Waals surface area contributed by atoms with Crippen LogP contribution in [0.1, 0.15) is 26.2 Å². The van der Waals surface area contributed by atoms with Crippen molar-refractivity contribution in [3.8, 4) is 0 Å². The molecular formula is C10H20N2O2. The first-order valence-corrected chi connectivity index (χ1v) is 5.39. The predicted octanol–water partition coefficient (Wildman–Crippen LogP) is 1.20. The molecule has 0 aromatic rings. The SMILES string of the molecule is CCCCN1CC(CCN)COC1=O. The molecule has 1 aliphatic rings. The van der Waals surface area contributed by atoms with Gasteiger partial charge in [0.2, 0.25) is 0 Å². The molecule has 0 aliphatic carbocycles. The van der Waals surface area contributed by atoms with E-state index in [2.05, 4.69) is 6.92 Å². The van der Waals surface area contributed by atoms with Crippen molar-refractivity contribution >= 4 is 6.09 Å². The number of hydrogen-bond acceptors (Lipinski definition) is 3. The molecule has 4 nitrogen and oxygen atoms in total. The Balaban J connectivity index is 2.34. The molecule has 0 radical (unpaired) electrons. The van der Waals surface area contributed by atoms with Gasteiger partial charge >= 0.3 is 6.09 Å². The van der Waals surface area contributed by atoms with Gasteiger partial charge in [0, 0.05) is 19.0 Å². The van der Waals surface area contributed by atoms with Gasteiger partial charge in [-0.15, -0.1) is 0 Å². The summed E-state index contributed by atoms with van der Waals surface area (Å²) in [5, 5.41) is 0. The number of carbonyl (C=O) groups is 1. The number of ether oxygens (including phenoxy) is 1. The van der Waals surface area contributed by atoms with Gasteiger partial charge < -0.3 is 15.4 Å². The minimum atomic E-state index is -0.160. The fourth-order valence-electron chi connectivity index (χ4n) is 1.66. The van der Waals surface area contributed by atoms with Crippen LogP contribution in [0.25, 0.3) is 0 Å². The van der Waals surface area contributed by atoms with Crippen LogP contribution in [0.4, 0.5) is 4.79 Å². The van der Waals surface area contributed by atoms with E-state index in [1.54, 1.807) is 4.90 Å². The summed E-state index contributed by atoms with van der Waals surface area (Å²) in [6, 6.07) is 0. The molecule has 1 aliphatic heterocycles. The molecule has 1 amide bonds. The van der Waals surface area contributed by atoms with Crippen molar-refractivity contribution in [3.63, 3.8) is 0 Å². The van der Waals surface area contributed by atoms with E-state index in [1.165, 1.54) is 0 Å². The van der Waals surface area contributed by atoms with E-state index in [4.69, 9.17) is 10.5 Å². The summed E-state index contributed by atoms with van der Waals surface area (Å²) in [5.41, 5.74) is 5.48. The lowest BCUT2D eigenvalue weighted by Crippen LogP contribution is -2.43. The first-order chi connectivity index (χ1) is 6.77. The lowest BCUT2D eigenvalue weighted by atomic mass is 10.1. The third kappa shape index (κ3) is 3.18. The number of nitrogens with two attached hydrogens (primary N) is 1. The molecule has 1 atom stereocenters. The quantitative estimate of drug-likeness (QED) is 0.725. The molecule has 0 bridgehead atoms. The number of rotatable bonds is 5. The molecule has 14 heavy (non-hydrogen) atoms. The van der Waals surface area contributed by atoms with E-state index in [-0.39, 0.29) is 6.09 Å². The second kappa shape index (κ2) is 5.86. The zero-order valence-corrected chi connectivity index (χ0v) is 8.87. The fourth-order valence-corrected chi connectivity index (χ4v) is 1.66. The minimum Gasteiger partial charge on any atom is -0.449 e. The van der Waals surface area contributed by atoms with Crippen molar-refractivity contribution in [3.05, 3.63) is 0 Å². The second-order valence-corrected chi connectivity index (χ2v) is 3.82. The molecule has 0 aromatic heterocycles. The van der Waals surface area contributed by atoms with Crippen LogP contribution in [0.3, 0.4) is 0 Å². The number of hydrogen-bond donors (Lipinski definition) is 1. The maximum Gasteiger partial charge on any atom is 0.409 e. The Morgan fingerprint density at radius 2 is 2.43 bits per heavy atom.